The second-order valence-corrected chi connectivity index (χ2v) is 5.91. The Hall–Kier alpha value is -1.26. The van der Waals surface area contributed by atoms with Gasteiger partial charge in [-0.2, -0.15) is 4.98 Å². The summed E-state index contributed by atoms with van der Waals surface area (Å²) in [5.41, 5.74) is 6.08. The lowest BCUT2D eigenvalue weighted by molar-refractivity contribution is 0.333. The Morgan fingerprint density at radius 2 is 1.53 bits per heavy atom. The Bertz CT molecular complexity index is 400. The smallest absolute Gasteiger partial charge is 0.246 e. The highest BCUT2D eigenvalue weighted by Gasteiger charge is 2.22. The molecule has 1 saturated carbocycles. The first-order chi connectivity index (χ1) is 9.34. The van der Waals surface area contributed by atoms with Crippen LogP contribution in [-0.2, 0) is 0 Å². The highest BCUT2D eigenvalue weighted by Crippen LogP contribution is 2.30. The lowest BCUT2D eigenvalue weighted by Gasteiger charge is -2.22. The topological polar surface area (TPSA) is 60.0 Å². The van der Waals surface area contributed by atoms with E-state index >= 15 is 0 Å². The van der Waals surface area contributed by atoms with Gasteiger partial charge in [0.15, 0.2) is 0 Å². The van der Waals surface area contributed by atoms with Crippen molar-refractivity contribution in [3.05, 3.63) is 0 Å². The predicted octanol–water partition coefficient (Wildman–Crippen LogP) is 2.75. The zero-order valence-corrected chi connectivity index (χ0v) is 11.7. The SMILES string of the molecule is Nc1nc(N2CCCCCC2)nn1C1CCCCC1. The molecule has 1 aromatic rings. The minimum Gasteiger partial charge on any atom is -0.368 e. The molecule has 2 N–H and O–H groups in total. The predicted molar refractivity (Wildman–Crippen MR) is 77.2 cm³/mol. The maximum absolute atomic E-state index is 6.08. The first-order valence-electron chi connectivity index (χ1n) is 7.81. The van der Waals surface area contributed by atoms with Gasteiger partial charge in [0.2, 0.25) is 11.9 Å². The first-order valence-corrected chi connectivity index (χ1v) is 7.81. The van der Waals surface area contributed by atoms with Gasteiger partial charge in [-0.15, -0.1) is 5.10 Å². The zero-order valence-electron chi connectivity index (χ0n) is 11.7. The van der Waals surface area contributed by atoms with Gasteiger partial charge in [0.05, 0.1) is 6.04 Å². The molecule has 19 heavy (non-hydrogen) atoms. The van der Waals surface area contributed by atoms with Crippen molar-refractivity contribution < 1.29 is 0 Å². The van der Waals surface area contributed by atoms with E-state index in [2.05, 4.69) is 9.88 Å². The van der Waals surface area contributed by atoms with Gasteiger partial charge in [-0.05, 0) is 25.7 Å². The van der Waals surface area contributed by atoms with Crippen LogP contribution in [0, 0.1) is 0 Å². The van der Waals surface area contributed by atoms with E-state index in [4.69, 9.17) is 10.8 Å². The number of nitrogens with zero attached hydrogens (tertiary/aromatic N) is 4. The van der Waals surface area contributed by atoms with E-state index in [0.717, 1.165) is 19.0 Å². The van der Waals surface area contributed by atoms with Crippen molar-refractivity contribution in [3.63, 3.8) is 0 Å². The molecule has 5 nitrogen and oxygen atoms in total. The molecule has 0 radical (unpaired) electrons. The summed E-state index contributed by atoms with van der Waals surface area (Å²) in [5.74, 6) is 1.45. The van der Waals surface area contributed by atoms with Crippen LogP contribution in [0.25, 0.3) is 0 Å². The van der Waals surface area contributed by atoms with Gasteiger partial charge in [-0.1, -0.05) is 32.1 Å². The minimum absolute atomic E-state index is 0.474. The molecule has 0 spiro atoms. The average molecular weight is 263 g/mol. The van der Waals surface area contributed by atoms with Crippen molar-refractivity contribution in [1.82, 2.24) is 14.8 Å². The lowest BCUT2D eigenvalue weighted by atomic mass is 9.96. The maximum Gasteiger partial charge on any atom is 0.246 e. The third kappa shape index (κ3) is 2.85. The van der Waals surface area contributed by atoms with Crippen LogP contribution in [0.15, 0.2) is 0 Å². The fraction of sp³-hybridized carbons (Fsp3) is 0.857. The van der Waals surface area contributed by atoms with Crippen LogP contribution in [0.2, 0.25) is 0 Å². The second-order valence-electron chi connectivity index (χ2n) is 5.91. The molecule has 1 aliphatic heterocycles. The molecule has 0 aromatic carbocycles. The molecular formula is C14H25N5. The van der Waals surface area contributed by atoms with Gasteiger partial charge in [0, 0.05) is 13.1 Å². The van der Waals surface area contributed by atoms with E-state index in [0.29, 0.717) is 12.0 Å². The summed E-state index contributed by atoms with van der Waals surface area (Å²) in [5, 5.41) is 4.71. The molecule has 2 aliphatic rings. The number of aromatic nitrogens is 3. The van der Waals surface area contributed by atoms with E-state index in [-0.39, 0.29) is 0 Å². The standard InChI is InChI=1S/C14H25N5/c15-13-16-14(18-10-6-1-2-7-11-18)17-19(13)12-8-4-3-5-9-12/h12H,1-11H2,(H2,15,16,17). The van der Waals surface area contributed by atoms with Crippen LogP contribution in [0.5, 0.6) is 0 Å². The molecule has 0 atom stereocenters. The van der Waals surface area contributed by atoms with Crippen molar-refractivity contribution in [1.29, 1.82) is 0 Å². The van der Waals surface area contributed by atoms with Crippen LogP contribution >= 0.6 is 0 Å². The van der Waals surface area contributed by atoms with Crippen molar-refractivity contribution in [2.24, 2.45) is 0 Å². The number of nitrogens with two attached hydrogens (primary N) is 1. The van der Waals surface area contributed by atoms with Gasteiger partial charge in [-0.3, -0.25) is 0 Å². The largest absolute Gasteiger partial charge is 0.368 e. The van der Waals surface area contributed by atoms with Crippen LogP contribution in [0.4, 0.5) is 11.9 Å². The summed E-state index contributed by atoms with van der Waals surface area (Å²) in [6.07, 6.45) is 11.5. The number of hydrogen-bond acceptors (Lipinski definition) is 4. The molecular weight excluding hydrogens is 238 g/mol. The third-order valence-corrected chi connectivity index (χ3v) is 4.46. The summed E-state index contributed by atoms with van der Waals surface area (Å²) in [7, 11) is 0. The quantitative estimate of drug-likeness (QED) is 0.891. The van der Waals surface area contributed by atoms with Crippen molar-refractivity contribution >= 4 is 11.9 Å². The normalized spacial score (nSPS) is 22.4. The summed E-state index contributed by atoms with van der Waals surface area (Å²) < 4.78 is 1.99. The maximum atomic E-state index is 6.08. The summed E-state index contributed by atoms with van der Waals surface area (Å²) in [6.45, 7) is 2.16. The number of nitrogen functional groups attached to an aromatic ring is 1. The van der Waals surface area contributed by atoms with E-state index in [1.807, 2.05) is 4.68 Å². The zero-order chi connectivity index (χ0) is 13.1. The van der Waals surface area contributed by atoms with Crippen LogP contribution < -0.4 is 10.6 Å². The Morgan fingerprint density at radius 3 is 2.21 bits per heavy atom. The van der Waals surface area contributed by atoms with Crippen LogP contribution in [0.1, 0.15) is 63.8 Å². The number of hydrogen-bond donors (Lipinski definition) is 1. The van der Waals surface area contributed by atoms with Gasteiger partial charge >= 0.3 is 0 Å². The Labute approximate surface area is 115 Å². The van der Waals surface area contributed by atoms with Crippen molar-refractivity contribution in [2.45, 2.75) is 63.8 Å². The molecule has 3 rings (SSSR count). The molecule has 2 heterocycles. The van der Waals surface area contributed by atoms with E-state index in [1.165, 1.54) is 57.8 Å². The Morgan fingerprint density at radius 1 is 0.895 bits per heavy atom. The Kier molecular flexibility index (Phi) is 3.89. The van der Waals surface area contributed by atoms with Crippen molar-refractivity contribution in [3.8, 4) is 0 Å². The third-order valence-electron chi connectivity index (χ3n) is 4.46. The second kappa shape index (κ2) is 5.80. The fourth-order valence-corrected chi connectivity index (χ4v) is 3.32. The summed E-state index contributed by atoms with van der Waals surface area (Å²) in [6, 6.07) is 0.474. The van der Waals surface area contributed by atoms with Gasteiger partial charge in [-0.25, -0.2) is 4.68 Å². The monoisotopic (exact) mass is 263 g/mol. The van der Waals surface area contributed by atoms with E-state index in [1.54, 1.807) is 0 Å². The lowest BCUT2D eigenvalue weighted by Crippen LogP contribution is -2.25. The van der Waals surface area contributed by atoms with Crippen LogP contribution in [-0.4, -0.2) is 27.9 Å². The molecule has 5 heteroatoms. The first kappa shape index (κ1) is 12.8. The van der Waals surface area contributed by atoms with Gasteiger partial charge in [0.25, 0.3) is 0 Å². The summed E-state index contributed by atoms with van der Waals surface area (Å²) in [4.78, 5) is 6.81. The fourth-order valence-electron chi connectivity index (χ4n) is 3.32. The highest BCUT2D eigenvalue weighted by molar-refractivity contribution is 5.35. The summed E-state index contributed by atoms with van der Waals surface area (Å²) >= 11 is 0. The molecule has 0 amide bonds. The van der Waals surface area contributed by atoms with Crippen molar-refractivity contribution in [2.75, 3.05) is 23.7 Å². The van der Waals surface area contributed by atoms with Gasteiger partial charge < -0.3 is 10.6 Å². The molecule has 1 saturated heterocycles. The average Bonchev–Trinajstić information content (AvgIpc) is 2.67. The molecule has 1 aromatic heterocycles. The molecule has 1 aliphatic carbocycles. The van der Waals surface area contributed by atoms with Gasteiger partial charge in [0.1, 0.15) is 0 Å². The molecule has 0 bridgehead atoms. The number of rotatable bonds is 2. The van der Waals surface area contributed by atoms with E-state index < -0.39 is 0 Å². The molecule has 2 fully saturated rings. The minimum atomic E-state index is 0.474. The molecule has 106 valence electrons. The Balaban J connectivity index is 1.75. The highest BCUT2D eigenvalue weighted by atomic mass is 15.5. The van der Waals surface area contributed by atoms with Crippen LogP contribution in [0.3, 0.4) is 0 Å². The molecule has 0 unspecified atom stereocenters. The van der Waals surface area contributed by atoms with E-state index in [9.17, 15) is 0 Å². The number of anilines is 2.